The molecule has 1 aliphatic rings. The normalized spacial score (nSPS) is 15.1. The van der Waals surface area contributed by atoms with Crippen LogP contribution in [-0.2, 0) is 30.2 Å². The van der Waals surface area contributed by atoms with E-state index in [0.29, 0.717) is 12.0 Å². The van der Waals surface area contributed by atoms with Gasteiger partial charge in [0.15, 0.2) is 0 Å². The number of hydrogen-bond donors (Lipinski definition) is 1. The number of carbonyl (C=O) groups excluding carboxylic acids is 4. The SMILES string of the molecule is COC(=O)C(CCc1ccnc(N(C(=O)OC(C)(C)C)C(=O)OC(C)(C)C)c1)NC(=O)C1CCCC1. The van der Waals surface area contributed by atoms with Crippen molar-refractivity contribution in [2.75, 3.05) is 12.0 Å². The average Bonchev–Trinajstić information content (AvgIpc) is 3.29. The molecule has 1 atom stereocenters. The predicted molar refractivity (Wildman–Crippen MR) is 133 cm³/mol. The number of ether oxygens (including phenoxy) is 3. The summed E-state index contributed by atoms with van der Waals surface area (Å²) in [7, 11) is 1.28. The second kappa shape index (κ2) is 12.2. The van der Waals surface area contributed by atoms with Crippen LogP contribution in [0.15, 0.2) is 18.3 Å². The molecule has 0 saturated heterocycles. The average molecular weight is 506 g/mol. The van der Waals surface area contributed by atoms with Gasteiger partial charge in [-0.15, -0.1) is 0 Å². The Balaban J connectivity index is 2.22. The van der Waals surface area contributed by atoms with E-state index in [9.17, 15) is 19.2 Å². The molecule has 3 amide bonds. The van der Waals surface area contributed by atoms with Gasteiger partial charge >= 0.3 is 18.2 Å². The molecule has 0 spiro atoms. The van der Waals surface area contributed by atoms with Crippen LogP contribution in [0, 0.1) is 5.92 Å². The maximum Gasteiger partial charge on any atom is 0.425 e. The first kappa shape index (κ1) is 29.1. The van der Waals surface area contributed by atoms with Crippen molar-refractivity contribution < 1.29 is 33.4 Å². The molecule has 0 radical (unpaired) electrons. The molecule has 1 aromatic heterocycles. The quantitative estimate of drug-likeness (QED) is 0.423. The summed E-state index contributed by atoms with van der Waals surface area (Å²) in [6, 6.07) is 2.45. The molecule has 1 N–H and O–H groups in total. The van der Waals surface area contributed by atoms with Crippen molar-refractivity contribution in [2.45, 2.75) is 97.3 Å². The van der Waals surface area contributed by atoms with Crippen LogP contribution in [0.25, 0.3) is 0 Å². The third-order valence-electron chi connectivity index (χ3n) is 5.44. The summed E-state index contributed by atoms with van der Waals surface area (Å²) >= 11 is 0. The van der Waals surface area contributed by atoms with Gasteiger partial charge in [-0.25, -0.2) is 19.4 Å². The predicted octanol–water partition coefficient (Wildman–Crippen LogP) is 4.54. The van der Waals surface area contributed by atoms with Crippen molar-refractivity contribution >= 4 is 29.9 Å². The number of aryl methyl sites for hydroxylation is 1. The summed E-state index contributed by atoms with van der Waals surface area (Å²) in [5.41, 5.74) is -0.999. The molecule has 10 heteroatoms. The number of pyridine rings is 1. The Hall–Kier alpha value is -3.17. The van der Waals surface area contributed by atoms with Crippen LogP contribution < -0.4 is 10.2 Å². The zero-order chi connectivity index (χ0) is 27.1. The topological polar surface area (TPSA) is 124 Å². The van der Waals surface area contributed by atoms with E-state index in [0.717, 1.165) is 30.6 Å². The highest BCUT2D eigenvalue weighted by Gasteiger charge is 2.34. The van der Waals surface area contributed by atoms with Gasteiger partial charge < -0.3 is 19.5 Å². The first-order valence-corrected chi connectivity index (χ1v) is 12.3. The third kappa shape index (κ3) is 9.13. The Kier molecular flexibility index (Phi) is 9.84. The number of methoxy groups -OCH3 is 1. The summed E-state index contributed by atoms with van der Waals surface area (Å²) in [6.45, 7) is 10.1. The van der Waals surface area contributed by atoms with Gasteiger partial charge in [-0.3, -0.25) is 4.79 Å². The molecule has 10 nitrogen and oxygen atoms in total. The fraction of sp³-hybridized carbons (Fsp3) is 0.654. The highest BCUT2D eigenvalue weighted by atomic mass is 16.6. The lowest BCUT2D eigenvalue weighted by Crippen LogP contribution is -2.44. The van der Waals surface area contributed by atoms with E-state index in [1.807, 2.05) is 0 Å². The fourth-order valence-corrected chi connectivity index (χ4v) is 3.79. The standard InChI is InChI=1S/C26H39N3O7/c1-25(2,3)35-23(32)29(24(33)36-26(4,5)6)20-16-17(14-15-27-20)12-13-19(22(31)34-7)28-21(30)18-10-8-9-11-18/h14-16,18-19H,8-13H2,1-7H3,(H,28,30). The molecule has 1 heterocycles. The van der Waals surface area contributed by atoms with Gasteiger partial charge in [0.2, 0.25) is 5.91 Å². The molecule has 0 aliphatic heterocycles. The lowest BCUT2D eigenvalue weighted by molar-refractivity contribution is -0.145. The van der Waals surface area contributed by atoms with Gasteiger partial charge in [0.05, 0.1) is 7.11 Å². The molecular weight excluding hydrogens is 466 g/mol. The van der Waals surface area contributed by atoms with Gasteiger partial charge in [0.25, 0.3) is 0 Å². The number of nitrogens with one attached hydrogen (secondary N) is 1. The monoisotopic (exact) mass is 505 g/mol. The summed E-state index contributed by atoms with van der Waals surface area (Å²) in [4.78, 5) is 55.6. The van der Waals surface area contributed by atoms with E-state index in [1.54, 1.807) is 53.7 Å². The van der Waals surface area contributed by atoms with Gasteiger partial charge in [-0.05, 0) is 84.9 Å². The van der Waals surface area contributed by atoms with Crippen LogP contribution in [0.3, 0.4) is 0 Å². The number of amides is 3. The molecule has 1 unspecified atom stereocenters. The Labute approximate surface area is 213 Å². The van der Waals surface area contributed by atoms with Crippen LogP contribution in [0.1, 0.15) is 79.2 Å². The number of hydrogen-bond acceptors (Lipinski definition) is 8. The lowest BCUT2D eigenvalue weighted by atomic mass is 10.0. The fourth-order valence-electron chi connectivity index (χ4n) is 3.79. The van der Waals surface area contributed by atoms with E-state index in [-0.39, 0.29) is 24.1 Å². The van der Waals surface area contributed by atoms with E-state index in [4.69, 9.17) is 14.2 Å². The first-order chi connectivity index (χ1) is 16.7. The van der Waals surface area contributed by atoms with Crippen molar-refractivity contribution in [3.63, 3.8) is 0 Å². The van der Waals surface area contributed by atoms with Crippen LogP contribution in [0.5, 0.6) is 0 Å². The van der Waals surface area contributed by atoms with Crippen molar-refractivity contribution in [3.8, 4) is 0 Å². The van der Waals surface area contributed by atoms with E-state index in [1.165, 1.54) is 13.3 Å². The number of imide groups is 1. The zero-order valence-corrected chi connectivity index (χ0v) is 22.4. The molecule has 1 fully saturated rings. The molecule has 0 bridgehead atoms. The largest absolute Gasteiger partial charge is 0.467 e. The maximum atomic E-state index is 12.9. The number of nitrogens with zero attached hydrogens (tertiary/aromatic N) is 2. The minimum atomic E-state index is -0.919. The van der Waals surface area contributed by atoms with Crippen molar-refractivity contribution in [2.24, 2.45) is 5.92 Å². The van der Waals surface area contributed by atoms with Gasteiger partial charge in [-0.1, -0.05) is 12.8 Å². The van der Waals surface area contributed by atoms with E-state index >= 15 is 0 Å². The second-order valence-electron chi connectivity index (χ2n) is 10.9. The minimum absolute atomic E-state index is 0.0283. The van der Waals surface area contributed by atoms with Crippen molar-refractivity contribution in [1.82, 2.24) is 10.3 Å². The summed E-state index contributed by atoms with van der Waals surface area (Å²) < 4.78 is 15.7. The molecule has 200 valence electrons. The summed E-state index contributed by atoms with van der Waals surface area (Å²) in [5, 5.41) is 2.82. The summed E-state index contributed by atoms with van der Waals surface area (Å²) in [5.74, 6) is -0.722. The molecule has 36 heavy (non-hydrogen) atoms. The molecule has 1 aliphatic carbocycles. The van der Waals surface area contributed by atoms with Crippen molar-refractivity contribution in [3.05, 3.63) is 23.9 Å². The van der Waals surface area contributed by atoms with Gasteiger partial charge in [-0.2, -0.15) is 4.90 Å². The third-order valence-corrected chi connectivity index (χ3v) is 5.44. The molecule has 1 saturated carbocycles. The maximum absolute atomic E-state index is 12.9. The van der Waals surface area contributed by atoms with Crippen LogP contribution in [0.2, 0.25) is 0 Å². The summed E-state index contributed by atoms with van der Waals surface area (Å²) in [6.07, 6.45) is 3.90. The number of rotatable bonds is 7. The Bertz CT molecular complexity index is 916. The molecule has 2 rings (SSSR count). The minimum Gasteiger partial charge on any atom is -0.467 e. The lowest BCUT2D eigenvalue weighted by Gasteiger charge is -2.28. The number of esters is 1. The number of anilines is 1. The van der Waals surface area contributed by atoms with E-state index < -0.39 is 35.4 Å². The molecule has 1 aromatic rings. The Morgan fingerprint density at radius 3 is 2.08 bits per heavy atom. The number of carbonyl (C=O) groups is 4. The second-order valence-corrected chi connectivity index (χ2v) is 10.9. The van der Waals surface area contributed by atoms with Crippen molar-refractivity contribution in [1.29, 1.82) is 0 Å². The smallest absolute Gasteiger partial charge is 0.425 e. The molecular formula is C26H39N3O7. The first-order valence-electron chi connectivity index (χ1n) is 12.3. The number of aromatic nitrogens is 1. The Morgan fingerprint density at radius 1 is 1.03 bits per heavy atom. The van der Waals surface area contributed by atoms with Gasteiger partial charge in [0, 0.05) is 12.1 Å². The van der Waals surface area contributed by atoms with E-state index in [2.05, 4.69) is 10.3 Å². The highest BCUT2D eigenvalue weighted by molar-refractivity contribution is 6.08. The molecule has 0 aromatic carbocycles. The van der Waals surface area contributed by atoms with Crippen LogP contribution in [-0.4, -0.2) is 53.4 Å². The van der Waals surface area contributed by atoms with Gasteiger partial charge in [0.1, 0.15) is 23.1 Å². The Morgan fingerprint density at radius 2 is 1.58 bits per heavy atom. The highest BCUT2D eigenvalue weighted by Crippen LogP contribution is 2.25. The van der Waals surface area contributed by atoms with Crippen LogP contribution >= 0.6 is 0 Å². The zero-order valence-electron chi connectivity index (χ0n) is 22.4. The van der Waals surface area contributed by atoms with Crippen LogP contribution in [0.4, 0.5) is 15.4 Å².